The number of anilines is 2. The van der Waals surface area contributed by atoms with Crippen LogP contribution in [-0.2, 0) is 9.47 Å². The first-order valence-corrected chi connectivity index (χ1v) is 14.7. The second kappa shape index (κ2) is 11.2. The van der Waals surface area contributed by atoms with E-state index in [0.29, 0.717) is 30.4 Å². The SMILES string of the molecule is CC(C)(C)[Si](C)(C)Oc1ccc(Nc2ccc(OCCOC3CCCCO3)cc2)c([N+](=O)[O-])c1. The van der Waals surface area contributed by atoms with Crippen LogP contribution in [0.4, 0.5) is 17.1 Å². The lowest BCUT2D eigenvalue weighted by Crippen LogP contribution is -2.43. The number of nitrogens with zero attached hydrogens (tertiary/aromatic N) is 1. The lowest BCUT2D eigenvalue weighted by Gasteiger charge is -2.36. The number of rotatable bonds is 10. The first-order valence-electron chi connectivity index (χ1n) is 11.8. The predicted molar refractivity (Wildman–Crippen MR) is 136 cm³/mol. The highest BCUT2D eigenvalue weighted by molar-refractivity contribution is 6.74. The van der Waals surface area contributed by atoms with Crippen LogP contribution in [0.15, 0.2) is 42.5 Å². The molecule has 3 rings (SSSR count). The molecule has 9 heteroatoms. The Balaban J connectivity index is 1.58. The molecule has 1 aliphatic heterocycles. The smallest absolute Gasteiger partial charge is 0.296 e. The summed E-state index contributed by atoms with van der Waals surface area (Å²) >= 11 is 0. The summed E-state index contributed by atoms with van der Waals surface area (Å²) in [6.45, 7) is 12.3. The third-order valence-electron chi connectivity index (χ3n) is 6.27. The van der Waals surface area contributed by atoms with Crippen LogP contribution in [0.2, 0.25) is 18.1 Å². The van der Waals surface area contributed by atoms with Gasteiger partial charge in [-0.25, -0.2) is 0 Å². The van der Waals surface area contributed by atoms with Gasteiger partial charge in [0.05, 0.1) is 17.6 Å². The first kappa shape index (κ1) is 26.0. The van der Waals surface area contributed by atoms with Gasteiger partial charge in [0.15, 0.2) is 6.29 Å². The highest BCUT2D eigenvalue weighted by atomic mass is 28.4. The van der Waals surface area contributed by atoms with Crippen LogP contribution in [0.25, 0.3) is 0 Å². The molecule has 2 aromatic carbocycles. The van der Waals surface area contributed by atoms with Gasteiger partial charge in [0.25, 0.3) is 5.69 Å². The van der Waals surface area contributed by atoms with Crippen LogP contribution in [0, 0.1) is 10.1 Å². The molecule has 0 saturated carbocycles. The van der Waals surface area contributed by atoms with Crippen molar-refractivity contribution in [2.75, 3.05) is 25.1 Å². The molecule has 1 saturated heterocycles. The highest BCUT2D eigenvalue weighted by Crippen LogP contribution is 2.39. The van der Waals surface area contributed by atoms with Crippen molar-refractivity contribution in [3.05, 3.63) is 52.6 Å². The minimum Gasteiger partial charge on any atom is -0.543 e. The third kappa shape index (κ3) is 7.19. The summed E-state index contributed by atoms with van der Waals surface area (Å²) < 4.78 is 23.2. The van der Waals surface area contributed by atoms with Gasteiger partial charge in [-0.15, -0.1) is 0 Å². The average Bonchev–Trinajstić information content (AvgIpc) is 2.78. The van der Waals surface area contributed by atoms with Crippen LogP contribution < -0.4 is 14.5 Å². The monoisotopic (exact) mass is 488 g/mol. The molecule has 2 aromatic rings. The second-order valence-corrected chi connectivity index (χ2v) is 14.7. The molecule has 1 aliphatic rings. The second-order valence-electron chi connectivity index (χ2n) is 9.96. The number of nitro benzene ring substituents is 1. The van der Waals surface area contributed by atoms with Crippen LogP contribution in [0.1, 0.15) is 40.0 Å². The number of nitro groups is 1. The predicted octanol–water partition coefficient (Wildman–Crippen LogP) is 6.64. The van der Waals surface area contributed by atoms with Crippen molar-refractivity contribution in [2.45, 2.75) is 64.5 Å². The average molecular weight is 489 g/mol. The lowest BCUT2D eigenvalue weighted by atomic mass is 10.2. The van der Waals surface area contributed by atoms with E-state index in [1.54, 1.807) is 12.1 Å². The van der Waals surface area contributed by atoms with Gasteiger partial charge >= 0.3 is 0 Å². The maximum Gasteiger partial charge on any atom is 0.296 e. The molecule has 34 heavy (non-hydrogen) atoms. The van der Waals surface area contributed by atoms with Crippen LogP contribution in [-0.4, -0.2) is 39.4 Å². The van der Waals surface area contributed by atoms with Gasteiger partial charge in [-0.3, -0.25) is 10.1 Å². The van der Waals surface area contributed by atoms with E-state index in [1.807, 2.05) is 24.3 Å². The van der Waals surface area contributed by atoms with E-state index in [1.165, 1.54) is 6.07 Å². The molecule has 186 valence electrons. The van der Waals surface area contributed by atoms with E-state index in [4.69, 9.17) is 18.6 Å². The molecule has 0 bridgehead atoms. The zero-order chi connectivity index (χ0) is 24.8. The van der Waals surface area contributed by atoms with Crippen molar-refractivity contribution >= 4 is 25.4 Å². The minimum atomic E-state index is -2.10. The quantitative estimate of drug-likeness (QED) is 0.173. The summed E-state index contributed by atoms with van der Waals surface area (Å²) in [7, 11) is -2.10. The maximum atomic E-state index is 11.7. The number of hydrogen-bond acceptors (Lipinski definition) is 7. The van der Waals surface area contributed by atoms with Crippen molar-refractivity contribution in [1.29, 1.82) is 0 Å². The standard InChI is InChI=1S/C25H36N2O6Si/c1-25(2,3)34(4,5)33-21-13-14-22(23(18-21)27(28)29)26-19-9-11-20(12-10-19)30-16-17-32-24-8-6-7-15-31-24/h9-14,18,24,26H,6-8,15-17H2,1-5H3. The van der Waals surface area contributed by atoms with Crippen molar-refractivity contribution in [2.24, 2.45) is 0 Å². The Morgan fingerprint density at radius 3 is 2.41 bits per heavy atom. The molecule has 1 atom stereocenters. The van der Waals surface area contributed by atoms with Gasteiger partial charge in [0.1, 0.15) is 23.8 Å². The molecule has 1 N–H and O–H groups in total. The van der Waals surface area contributed by atoms with Crippen LogP contribution in [0.5, 0.6) is 11.5 Å². The molecule has 0 aliphatic carbocycles. The largest absolute Gasteiger partial charge is 0.543 e. The zero-order valence-corrected chi connectivity index (χ0v) is 21.8. The Bertz CT molecular complexity index is 953. The van der Waals surface area contributed by atoms with Gasteiger partial charge in [-0.1, -0.05) is 20.8 Å². The third-order valence-corrected chi connectivity index (χ3v) is 10.6. The van der Waals surface area contributed by atoms with E-state index in [-0.39, 0.29) is 17.0 Å². The van der Waals surface area contributed by atoms with Crippen molar-refractivity contribution in [1.82, 2.24) is 0 Å². The maximum absolute atomic E-state index is 11.7. The Morgan fingerprint density at radius 2 is 1.79 bits per heavy atom. The fraction of sp³-hybridized carbons (Fsp3) is 0.520. The van der Waals surface area contributed by atoms with E-state index in [2.05, 4.69) is 39.2 Å². The van der Waals surface area contributed by atoms with Crippen LogP contribution >= 0.6 is 0 Å². The summed E-state index contributed by atoms with van der Waals surface area (Å²) in [6, 6.07) is 12.3. The Hall–Kier alpha value is -2.62. The van der Waals surface area contributed by atoms with Crippen molar-refractivity contribution < 1.29 is 23.6 Å². The molecule has 1 fully saturated rings. The summed E-state index contributed by atoms with van der Waals surface area (Å²) in [6.07, 6.45) is 3.02. The summed E-state index contributed by atoms with van der Waals surface area (Å²) in [5.74, 6) is 1.22. The highest BCUT2D eigenvalue weighted by Gasteiger charge is 2.39. The normalized spacial score (nSPS) is 16.7. The molecule has 1 unspecified atom stereocenters. The summed E-state index contributed by atoms with van der Waals surface area (Å²) in [4.78, 5) is 11.3. The Kier molecular flexibility index (Phi) is 8.56. The summed E-state index contributed by atoms with van der Waals surface area (Å²) in [5, 5.41) is 14.8. The first-order chi connectivity index (χ1) is 16.0. The van der Waals surface area contributed by atoms with E-state index in [9.17, 15) is 10.1 Å². The molecular formula is C25H36N2O6Si. The fourth-order valence-corrected chi connectivity index (χ4v) is 4.27. The van der Waals surface area contributed by atoms with Gasteiger partial charge in [-0.05, 0) is 73.8 Å². The number of hydrogen-bond donors (Lipinski definition) is 1. The van der Waals surface area contributed by atoms with Crippen molar-refractivity contribution in [3.8, 4) is 11.5 Å². The molecule has 8 nitrogen and oxygen atoms in total. The molecule has 0 aromatic heterocycles. The minimum absolute atomic E-state index is 0.00169. The number of nitrogens with one attached hydrogen (secondary N) is 1. The van der Waals surface area contributed by atoms with Gasteiger partial charge < -0.3 is 24.0 Å². The molecule has 0 spiro atoms. The van der Waals surface area contributed by atoms with Crippen LogP contribution in [0.3, 0.4) is 0 Å². The Morgan fingerprint density at radius 1 is 1.09 bits per heavy atom. The lowest BCUT2D eigenvalue weighted by molar-refractivity contribution is -0.384. The Labute approximate surface area is 202 Å². The van der Waals surface area contributed by atoms with Gasteiger partial charge in [0, 0.05) is 12.3 Å². The van der Waals surface area contributed by atoms with E-state index in [0.717, 1.165) is 31.6 Å². The topological polar surface area (TPSA) is 92.1 Å². The molecule has 0 radical (unpaired) electrons. The molecule has 1 heterocycles. The molecular weight excluding hydrogens is 452 g/mol. The molecule has 0 amide bonds. The van der Waals surface area contributed by atoms with Crippen molar-refractivity contribution in [3.63, 3.8) is 0 Å². The number of ether oxygens (including phenoxy) is 3. The fourth-order valence-electron chi connectivity index (χ4n) is 3.25. The van der Waals surface area contributed by atoms with Gasteiger partial charge in [0.2, 0.25) is 8.32 Å². The van der Waals surface area contributed by atoms with Gasteiger partial charge in [-0.2, -0.15) is 0 Å². The van der Waals surface area contributed by atoms with E-state index < -0.39 is 13.2 Å². The zero-order valence-electron chi connectivity index (χ0n) is 20.8. The van der Waals surface area contributed by atoms with E-state index >= 15 is 0 Å². The number of benzene rings is 2. The summed E-state index contributed by atoms with van der Waals surface area (Å²) in [5.41, 5.74) is 1.10.